The van der Waals surface area contributed by atoms with Crippen LogP contribution in [0.3, 0.4) is 0 Å². The monoisotopic (exact) mass is 1320 g/mol. The molecule has 2 aromatic rings. The number of epoxide rings is 1. The van der Waals surface area contributed by atoms with Crippen molar-refractivity contribution in [1.82, 2.24) is 72.3 Å². The Hall–Kier alpha value is -3.86. The van der Waals surface area contributed by atoms with Crippen molar-refractivity contribution in [1.29, 1.82) is 0 Å². The zero-order chi connectivity index (χ0) is 66.5. The van der Waals surface area contributed by atoms with Crippen LogP contribution in [0.1, 0.15) is 120 Å². The highest BCUT2D eigenvalue weighted by Crippen LogP contribution is 2.35. The van der Waals surface area contributed by atoms with E-state index in [1.165, 1.54) is 25.7 Å². The molecule has 92 heavy (non-hydrogen) atoms. The van der Waals surface area contributed by atoms with E-state index >= 15 is 0 Å². The number of hydrogen-bond donors (Lipinski definition) is 9. The number of nitrogens with zero attached hydrogens (tertiary/aromatic N) is 13. The molecule has 3 aliphatic rings. The minimum absolute atomic E-state index is 0. The van der Waals surface area contributed by atoms with E-state index in [9.17, 15) is 64.5 Å². The molecule has 0 spiro atoms. The third-order valence-electron chi connectivity index (χ3n) is 16.3. The summed E-state index contributed by atoms with van der Waals surface area (Å²) >= 11 is 0. The lowest BCUT2D eigenvalue weighted by Gasteiger charge is -2.39. The van der Waals surface area contributed by atoms with Gasteiger partial charge in [0.15, 0.2) is 0 Å². The molecule has 3 heterocycles. The van der Waals surface area contributed by atoms with E-state index in [4.69, 9.17) is 4.74 Å². The van der Waals surface area contributed by atoms with Crippen LogP contribution in [0.15, 0.2) is 28.8 Å². The summed E-state index contributed by atoms with van der Waals surface area (Å²) in [6.07, 6.45) is 7.00. The molecule has 3 fully saturated rings. The van der Waals surface area contributed by atoms with Crippen LogP contribution in [0, 0.1) is 0 Å². The van der Waals surface area contributed by atoms with E-state index in [2.05, 4.69) is 25.3 Å². The summed E-state index contributed by atoms with van der Waals surface area (Å²) in [5, 5.41) is 80.3. The molecule has 0 aromatic carbocycles. The number of rotatable bonds is 40. The smallest absolute Gasteiger partial charge is 0.336 e. The summed E-state index contributed by atoms with van der Waals surface area (Å²) in [5.41, 5.74) is -5.46. The molecule has 2 saturated carbocycles. The van der Waals surface area contributed by atoms with Crippen LogP contribution in [0.5, 0.6) is 0 Å². The topological polar surface area (TPSA) is 333 Å². The van der Waals surface area contributed by atoms with Gasteiger partial charge in [-0.05, 0) is 187 Å². The fourth-order valence-electron chi connectivity index (χ4n) is 11.3. The summed E-state index contributed by atoms with van der Waals surface area (Å²) in [4.78, 5) is 93.8. The van der Waals surface area contributed by atoms with Crippen molar-refractivity contribution in [3.63, 3.8) is 0 Å². The molecule has 10 unspecified atom stereocenters. The molecule has 0 bridgehead atoms. The quantitative estimate of drug-likeness (QED) is 0.0191. The van der Waals surface area contributed by atoms with Crippen molar-refractivity contribution >= 4 is 0 Å². The van der Waals surface area contributed by atoms with Gasteiger partial charge >= 0.3 is 34.1 Å². The Balaban J connectivity index is 0.00000159. The Morgan fingerprint density at radius 1 is 0.446 bits per heavy atom. The number of hydrogen-bond acceptors (Lipinski definition) is 23. The second-order valence-corrected chi connectivity index (χ2v) is 25.9. The number of aromatic nitrogens is 6. The van der Waals surface area contributed by atoms with Crippen molar-refractivity contribution in [2.24, 2.45) is 0 Å². The van der Waals surface area contributed by atoms with Gasteiger partial charge in [-0.3, -0.25) is 10.2 Å². The molecular formula is C63H131N15O14. The zero-order valence-electron chi connectivity index (χ0n) is 56.2. The van der Waals surface area contributed by atoms with E-state index in [-0.39, 0.29) is 87.2 Å². The lowest BCUT2D eigenvalue weighted by molar-refractivity contribution is -0.00658. The van der Waals surface area contributed by atoms with Crippen molar-refractivity contribution < 1.29 is 40.5 Å². The van der Waals surface area contributed by atoms with Gasteiger partial charge in [0.25, 0.3) is 0 Å². The predicted molar refractivity (Wildman–Crippen MR) is 366 cm³/mol. The largest absolute Gasteiger partial charge is 0.391 e. The molecule has 10 atom stereocenters. The van der Waals surface area contributed by atoms with Gasteiger partial charge in [0.1, 0.15) is 6.23 Å². The number of ether oxygens (including phenoxy) is 1. The first-order valence-electron chi connectivity index (χ1n) is 32.5. The van der Waals surface area contributed by atoms with E-state index in [0.29, 0.717) is 51.2 Å². The number of fused-ring (bicyclic) bond motifs is 1. The van der Waals surface area contributed by atoms with Crippen molar-refractivity contribution in [2.45, 2.75) is 220 Å². The molecule has 1 aliphatic heterocycles. The average Bonchev–Trinajstić information content (AvgIpc) is 1.09. The highest BCUT2D eigenvalue weighted by molar-refractivity contribution is 4.89. The van der Waals surface area contributed by atoms with Crippen LogP contribution in [-0.2, 0) is 44.0 Å². The molecule has 9 N–H and O–H groups in total. The van der Waals surface area contributed by atoms with Gasteiger partial charge < -0.3 is 75.2 Å². The fraction of sp³-hybridized carbons (Fsp3) is 0.905. The van der Waals surface area contributed by atoms with Crippen LogP contribution in [0.2, 0.25) is 0 Å². The Kier molecular flexibility index (Phi) is 44.4. The summed E-state index contributed by atoms with van der Waals surface area (Å²) < 4.78 is 10.1. The Morgan fingerprint density at radius 3 is 1.17 bits per heavy atom. The highest BCUT2D eigenvalue weighted by atomic mass is 16.6. The Morgan fingerprint density at radius 2 is 0.793 bits per heavy atom. The number of likely N-dealkylation sites (N-methyl/N-ethyl adjacent to an activating group) is 3. The van der Waals surface area contributed by atoms with Crippen molar-refractivity contribution in [3.8, 4) is 0 Å². The van der Waals surface area contributed by atoms with Gasteiger partial charge in [-0.1, -0.05) is 61.8 Å². The molecule has 5 rings (SSSR count). The highest BCUT2D eigenvalue weighted by Gasteiger charge is 2.40. The molecule has 29 nitrogen and oxygen atoms in total. The third-order valence-corrected chi connectivity index (χ3v) is 16.3. The molecule has 0 amide bonds. The first kappa shape index (κ1) is 88.1. The second kappa shape index (κ2) is 46.3. The van der Waals surface area contributed by atoms with E-state index < -0.39 is 83.5 Å². The number of nitrogens with one attached hydrogen (secondary N) is 2. The van der Waals surface area contributed by atoms with E-state index in [1.807, 2.05) is 90.1 Å². The van der Waals surface area contributed by atoms with Crippen molar-refractivity contribution in [2.75, 3.05) is 156 Å². The summed E-state index contributed by atoms with van der Waals surface area (Å²) in [6, 6.07) is -0.141. The van der Waals surface area contributed by atoms with Gasteiger partial charge in [0, 0.05) is 32.2 Å². The van der Waals surface area contributed by atoms with Crippen LogP contribution >= 0.6 is 0 Å². The fourth-order valence-corrected chi connectivity index (χ4v) is 11.3. The average molecular weight is 1320 g/mol. The molecule has 1 saturated heterocycles. The number of aliphatic hydroxyl groups is 7. The Bertz CT molecular complexity index is 2650. The standard InChI is InChI=1S/C30H60N8O7.C24H49N7O6.C6H10O.3CH4/c1-7-31-27(42)22-38-29(44)36(20-23(39)18-34(6)16-10-14-32(2)3)28(43)37(30(38)45)21-24(40)19-35(17-11-15-33(4)5)25-12-8-9-13-26(25)41;1-7-19(32)16-29-22(35)30(17-20(33)14-25-10-8-11-26(2)3)24(37)31(23(29)36)18-21(34)15-28(6)13-9-12-27(4)5;1-2-4-6-5(3-1)7-6;;;/h23-27,31,39-42H,7-22H2,1-6H3;19-21,25,32-34H,7-18H2,1-6H3;5-6H,1-4H2;3*1H4. The molecule has 29 heteroatoms. The van der Waals surface area contributed by atoms with Crippen LogP contribution in [0.25, 0.3) is 0 Å². The van der Waals surface area contributed by atoms with Crippen LogP contribution < -0.4 is 44.8 Å². The maximum absolute atomic E-state index is 13.6. The van der Waals surface area contributed by atoms with E-state index in [1.54, 1.807) is 13.8 Å². The summed E-state index contributed by atoms with van der Waals surface area (Å²) in [7, 11) is 19.5. The molecule has 0 radical (unpaired) electrons. The van der Waals surface area contributed by atoms with Crippen LogP contribution in [0.4, 0.5) is 0 Å². The molecule has 2 aromatic heterocycles. The normalized spacial score (nSPS) is 19.1. The SMILES string of the molecule is C.C.C.C1CCC2OC2C1.CCC(O)Cn1c(=O)n(CC(O)CNCCCN(C)C)c(=O)n(CC(O)CN(C)CCCN(C)C)c1=O.CCNC(O)Cn1c(=O)n(CC(O)CN(C)CCCN(C)C)c(=O)n(CC(O)CN(CCCN(C)C)C2CCCCC2O)c1=O. The molecular weight excluding hydrogens is 1190 g/mol. The van der Waals surface area contributed by atoms with Gasteiger partial charge in [-0.2, -0.15) is 0 Å². The molecule has 542 valence electrons. The first-order valence-corrected chi connectivity index (χ1v) is 32.5. The minimum atomic E-state index is -1.22. The van der Waals surface area contributed by atoms with Gasteiger partial charge in [0.05, 0.1) is 88.1 Å². The molecule has 2 aliphatic carbocycles. The Labute approximate surface area is 549 Å². The first-order chi connectivity index (χ1) is 42.1. The van der Waals surface area contributed by atoms with Crippen molar-refractivity contribution in [3.05, 3.63) is 62.9 Å². The van der Waals surface area contributed by atoms with Gasteiger partial charge in [0.2, 0.25) is 0 Å². The second-order valence-electron chi connectivity index (χ2n) is 25.9. The number of aliphatic hydroxyl groups excluding tert-OH is 7. The minimum Gasteiger partial charge on any atom is -0.391 e. The zero-order valence-corrected chi connectivity index (χ0v) is 56.2. The maximum Gasteiger partial charge on any atom is 0.336 e. The van der Waals surface area contributed by atoms with Gasteiger partial charge in [-0.25, -0.2) is 56.2 Å². The van der Waals surface area contributed by atoms with Crippen LogP contribution in [-0.4, -0.2) is 314 Å². The predicted octanol–water partition coefficient (Wildman–Crippen LogP) is -2.41. The van der Waals surface area contributed by atoms with E-state index in [0.717, 1.165) is 105 Å². The lowest BCUT2D eigenvalue weighted by Crippen LogP contribution is -2.58. The maximum atomic E-state index is 13.6. The lowest BCUT2D eigenvalue weighted by atomic mass is 9.91. The van der Waals surface area contributed by atoms with Gasteiger partial charge in [-0.15, -0.1) is 0 Å². The third kappa shape index (κ3) is 32.3. The summed E-state index contributed by atoms with van der Waals surface area (Å²) in [5.74, 6) is 0. The summed E-state index contributed by atoms with van der Waals surface area (Å²) in [6.45, 7) is 8.71.